The van der Waals surface area contributed by atoms with Gasteiger partial charge in [-0.3, -0.25) is 0 Å². The fourth-order valence-electron chi connectivity index (χ4n) is 1.75. The van der Waals surface area contributed by atoms with Gasteiger partial charge in [0.05, 0.1) is 6.33 Å². The minimum Gasteiger partial charge on any atom is -0.465 e. The monoisotopic (exact) mass is 209 g/mol. The molecule has 0 spiro atoms. The number of hydrogen-bond donors (Lipinski definition) is 2. The largest absolute Gasteiger partial charge is 0.465 e. The zero-order valence-corrected chi connectivity index (χ0v) is 8.68. The lowest BCUT2D eigenvalue weighted by Gasteiger charge is -2.14. The van der Waals surface area contributed by atoms with E-state index in [1.807, 2.05) is 17.7 Å². The molecule has 1 aliphatic rings. The van der Waals surface area contributed by atoms with E-state index in [-0.39, 0.29) is 6.04 Å². The predicted molar refractivity (Wildman–Crippen MR) is 54.8 cm³/mol. The van der Waals surface area contributed by atoms with Crippen LogP contribution in [-0.4, -0.2) is 26.8 Å². The molecule has 5 heteroatoms. The molecule has 2 N–H and O–H groups in total. The molecule has 82 valence electrons. The summed E-state index contributed by atoms with van der Waals surface area (Å²) >= 11 is 0. The molecule has 0 saturated heterocycles. The first-order valence-electron chi connectivity index (χ1n) is 5.16. The second-order valence-corrected chi connectivity index (χ2v) is 4.10. The molecule has 1 amide bonds. The van der Waals surface area contributed by atoms with Gasteiger partial charge >= 0.3 is 6.09 Å². The lowest BCUT2D eigenvalue weighted by Crippen LogP contribution is -2.34. The molecule has 5 nitrogen and oxygen atoms in total. The molecule has 0 aliphatic heterocycles. The Bertz CT molecular complexity index is 357. The summed E-state index contributed by atoms with van der Waals surface area (Å²) in [6.07, 6.45) is 5.13. The van der Waals surface area contributed by atoms with Crippen molar-refractivity contribution in [3.63, 3.8) is 0 Å². The topological polar surface area (TPSA) is 67.2 Å². The van der Waals surface area contributed by atoms with Crippen LogP contribution in [0.3, 0.4) is 0 Å². The molecule has 1 saturated carbocycles. The fourth-order valence-corrected chi connectivity index (χ4v) is 1.75. The van der Waals surface area contributed by atoms with Gasteiger partial charge in [-0.15, -0.1) is 0 Å². The number of hydrogen-bond acceptors (Lipinski definition) is 2. The van der Waals surface area contributed by atoms with Gasteiger partial charge in [0.1, 0.15) is 0 Å². The highest BCUT2D eigenvalue weighted by Gasteiger charge is 2.27. The standard InChI is InChI=1S/C10H15N3O2/c1-7(12-10(14)15)5-13-6-11-4-9(13)8-2-3-8/h4,6-8,12H,2-3,5H2,1H3,(H,14,15). The van der Waals surface area contributed by atoms with Crippen LogP contribution in [0, 0.1) is 0 Å². The average molecular weight is 209 g/mol. The molecule has 1 aliphatic carbocycles. The van der Waals surface area contributed by atoms with Gasteiger partial charge in [-0.2, -0.15) is 0 Å². The third kappa shape index (κ3) is 2.49. The number of carboxylic acid groups (broad SMARTS) is 1. The van der Waals surface area contributed by atoms with E-state index < -0.39 is 6.09 Å². The molecule has 0 radical (unpaired) electrons. The third-order valence-corrected chi connectivity index (χ3v) is 2.58. The molecular formula is C10H15N3O2. The normalized spacial score (nSPS) is 17.4. The lowest BCUT2D eigenvalue weighted by molar-refractivity contribution is 0.189. The molecular weight excluding hydrogens is 194 g/mol. The molecule has 15 heavy (non-hydrogen) atoms. The number of nitrogens with zero attached hydrogens (tertiary/aromatic N) is 2. The van der Waals surface area contributed by atoms with Crippen LogP contribution in [0.15, 0.2) is 12.5 Å². The highest BCUT2D eigenvalue weighted by atomic mass is 16.4. The molecule has 2 rings (SSSR count). The van der Waals surface area contributed by atoms with Crippen LogP contribution in [0.25, 0.3) is 0 Å². The van der Waals surface area contributed by atoms with Gasteiger partial charge < -0.3 is 15.0 Å². The summed E-state index contributed by atoms with van der Waals surface area (Å²) in [5, 5.41) is 11.0. The zero-order chi connectivity index (χ0) is 10.8. The predicted octanol–water partition coefficient (Wildman–Crippen LogP) is 1.42. The van der Waals surface area contributed by atoms with Crippen molar-refractivity contribution in [3.05, 3.63) is 18.2 Å². The number of nitrogens with one attached hydrogen (secondary N) is 1. The second kappa shape index (κ2) is 3.92. The van der Waals surface area contributed by atoms with Crippen LogP contribution in [0.5, 0.6) is 0 Å². The van der Waals surface area contributed by atoms with Gasteiger partial charge in [0.2, 0.25) is 0 Å². The third-order valence-electron chi connectivity index (χ3n) is 2.58. The van der Waals surface area contributed by atoms with Crippen LogP contribution in [0.1, 0.15) is 31.4 Å². The highest BCUT2D eigenvalue weighted by molar-refractivity contribution is 5.64. The van der Waals surface area contributed by atoms with Gasteiger partial charge in [-0.1, -0.05) is 0 Å². The number of rotatable bonds is 4. The SMILES string of the molecule is CC(Cn1cncc1C1CC1)NC(=O)O. The smallest absolute Gasteiger partial charge is 0.404 e. The van der Waals surface area contributed by atoms with Gasteiger partial charge in [0, 0.05) is 30.4 Å². The van der Waals surface area contributed by atoms with Gasteiger partial charge in [-0.05, 0) is 19.8 Å². The maximum absolute atomic E-state index is 10.4. The van der Waals surface area contributed by atoms with Gasteiger partial charge in [-0.25, -0.2) is 9.78 Å². The molecule has 1 aromatic rings. The molecule has 1 atom stereocenters. The molecule has 1 heterocycles. The van der Waals surface area contributed by atoms with Crippen LogP contribution < -0.4 is 5.32 Å². The van der Waals surface area contributed by atoms with Crippen LogP contribution in [-0.2, 0) is 6.54 Å². The first-order valence-corrected chi connectivity index (χ1v) is 5.16. The van der Waals surface area contributed by atoms with Crippen molar-refractivity contribution >= 4 is 6.09 Å². The zero-order valence-electron chi connectivity index (χ0n) is 8.68. The van der Waals surface area contributed by atoms with E-state index in [1.165, 1.54) is 18.5 Å². The molecule has 0 aromatic carbocycles. The average Bonchev–Trinajstić information content (AvgIpc) is 2.87. The van der Waals surface area contributed by atoms with E-state index in [0.29, 0.717) is 12.5 Å². The van der Waals surface area contributed by atoms with E-state index in [0.717, 1.165) is 0 Å². The van der Waals surface area contributed by atoms with Crippen molar-refractivity contribution in [2.45, 2.75) is 38.3 Å². The minimum atomic E-state index is -0.976. The van der Waals surface area contributed by atoms with E-state index in [4.69, 9.17) is 5.11 Å². The van der Waals surface area contributed by atoms with E-state index in [9.17, 15) is 4.79 Å². The van der Waals surface area contributed by atoms with Gasteiger partial charge in [0.25, 0.3) is 0 Å². The summed E-state index contributed by atoms with van der Waals surface area (Å²) in [5.41, 5.74) is 1.23. The van der Waals surface area contributed by atoms with Crippen molar-refractivity contribution < 1.29 is 9.90 Å². The Morgan fingerprint density at radius 2 is 2.53 bits per heavy atom. The van der Waals surface area contributed by atoms with Crippen molar-refractivity contribution in [3.8, 4) is 0 Å². The quantitative estimate of drug-likeness (QED) is 0.788. The molecule has 0 bridgehead atoms. The number of amides is 1. The number of aromatic nitrogens is 2. The summed E-state index contributed by atoms with van der Waals surface area (Å²) in [4.78, 5) is 14.5. The van der Waals surface area contributed by atoms with Crippen LogP contribution in [0.2, 0.25) is 0 Å². The second-order valence-electron chi connectivity index (χ2n) is 4.10. The first kappa shape index (κ1) is 10.0. The minimum absolute atomic E-state index is 0.0887. The maximum Gasteiger partial charge on any atom is 0.404 e. The maximum atomic E-state index is 10.4. The Morgan fingerprint density at radius 1 is 1.80 bits per heavy atom. The molecule has 1 fully saturated rings. The van der Waals surface area contributed by atoms with Crippen LogP contribution >= 0.6 is 0 Å². The van der Waals surface area contributed by atoms with E-state index in [2.05, 4.69) is 10.3 Å². The van der Waals surface area contributed by atoms with Crippen molar-refractivity contribution in [2.75, 3.05) is 0 Å². The summed E-state index contributed by atoms with van der Waals surface area (Å²) in [6, 6.07) is -0.0887. The van der Waals surface area contributed by atoms with Crippen molar-refractivity contribution in [2.24, 2.45) is 0 Å². The Balaban J connectivity index is 1.97. The lowest BCUT2D eigenvalue weighted by atomic mass is 10.3. The Labute approximate surface area is 88.1 Å². The molecule has 1 unspecified atom stereocenters. The van der Waals surface area contributed by atoms with Gasteiger partial charge in [0.15, 0.2) is 0 Å². The van der Waals surface area contributed by atoms with E-state index >= 15 is 0 Å². The number of carbonyl (C=O) groups is 1. The van der Waals surface area contributed by atoms with Crippen molar-refractivity contribution in [1.82, 2.24) is 14.9 Å². The number of imidazole rings is 1. The first-order chi connectivity index (χ1) is 7.16. The Hall–Kier alpha value is -1.52. The van der Waals surface area contributed by atoms with Crippen LogP contribution in [0.4, 0.5) is 4.79 Å². The summed E-state index contributed by atoms with van der Waals surface area (Å²) < 4.78 is 2.04. The van der Waals surface area contributed by atoms with Crippen molar-refractivity contribution in [1.29, 1.82) is 0 Å². The Morgan fingerprint density at radius 3 is 3.13 bits per heavy atom. The molecule has 1 aromatic heterocycles. The summed E-state index contributed by atoms with van der Waals surface area (Å²) in [7, 11) is 0. The summed E-state index contributed by atoms with van der Waals surface area (Å²) in [5.74, 6) is 0.643. The Kier molecular flexibility index (Phi) is 2.62. The van der Waals surface area contributed by atoms with E-state index in [1.54, 1.807) is 6.33 Å². The summed E-state index contributed by atoms with van der Waals surface area (Å²) in [6.45, 7) is 2.50. The highest BCUT2D eigenvalue weighted by Crippen LogP contribution is 2.39. The fraction of sp³-hybridized carbons (Fsp3) is 0.600.